The summed E-state index contributed by atoms with van der Waals surface area (Å²) < 4.78 is 6.85. The molecular weight excluding hydrogens is 262 g/mol. The number of nitrogens with zero attached hydrogens (tertiary/aromatic N) is 2. The minimum absolute atomic E-state index is 0.353. The zero-order chi connectivity index (χ0) is 13.8. The number of hydrogen-bond acceptors (Lipinski definition) is 5. The van der Waals surface area contributed by atoms with Crippen LogP contribution in [0.15, 0.2) is 17.5 Å². The molecule has 5 nitrogen and oxygen atoms in total. The first kappa shape index (κ1) is 13.6. The van der Waals surface area contributed by atoms with E-state index in [-0.39, 0.29) is 0 Å². The number of aryl methyl sites for hydroxylation is 2. The number of aromatic nitrogens is 2. The van der Waals surface area contributed by atoms with E-state index in [4.69, 9.17) is 10.5 Å². The molecule has 0 aliphatic carbocycles. The molecule has 0 aliphatic heterocycles. The average Bonchev–Trinajstić information content (AvgIpc) is 2.99. The molecule has 0 spiro atoms. The number of carbonyl (C=O) groups is 1. The highest BCUT2D eigenvalue weighted by molar-refractivity contribution is 7.09. The largest absolute Gasteiger partial charge is 0.461 e. The molecule has 0 unspecified atom stereocenters. The van der Waals surface area contributed by atoms with Crippen LogP contribution in [0.4, 0.5) is 5.69 Å². The van der Waals surface area contributed by atoms with Gasteiger partial charge in [-0.15, -0.1) is 11.3 Å². The number of esters is 1. The van der Waals surface area contributed by atoms with Crippen molar-refractivity contribution < 1.29 is 9.53 Å². The fourth-order valence-electron chi connectivity index (χ4n) is 1.81. The molecule has 0 aliphatic rings. The molecule has 2 aromatic rings. The van der Waals surface area contributed by atoms with E-state index in [0.717, 1.165) is 6.42 Å². The van der Waals surface area contributed by atoms with Crippen molar-refractivity contribution in [3.8, 4) is 0 Å². The maximum atomic E-state index is 12.0. The van der Waals surface area contributed by atoms with Crippen molar-refractivity contribution in [1.29, 1.82) is 0 Å². The minimum Gasteiger partial charge on any atom is -0.461 e. The lowest BCUT2D eigenvalue weighted by molar-refractivity contribution is 0.0497. The smallest absolute Gasteiger partial charge is 0.358 e. The summed E-state index contributed by atoms with van der Waals surface area (Å²) >= 11 is 1.65. The van der Waals surface area contributed by atoms with E-state index in [1.54, 1.807) is 22.9 Å². The van der Waals surface area contributed by atoms with Crippen LogP contribution in [0.25, 0.3) is 0 Å². The van der Waals surface area contributed by atoms with Crippen molar-refractivity contribution in [1.82, 2.24) is 9.78 Å². The molecular formula is C13H17N3O2S. The van der Waals surface area contributed by atoms with Crippen LogP contribution in [0.3, 0.4) is 0 Å². The maximum absolute atomic E-state index is 12.0. The second-order valence-corrected chi connectivity index (χ2v) is 5.16. The van der Waals surface area contributed by atoms with Gasteiger partial charge in [-0.1, -0.05) is 6.07 Å². The molecule has 2 N–H and O–H groups in total. The number of hydrogen-bond donors (Lipinski definition) is 1. The Hall–Kier alpha value is -1.82. The first-order chi connectivity index (χ1) is 9.13. The van der Waals surface area contributed by atoms with Crippen LogP contribution in [-0.2, 0) is 17.7 Å². The molecule has 0 bridgehead atoms. The first-order valence-electron chi connectivity index (χ1n) is 6.15. The molecule has 6 heteroatoms. The van der Waals surface area contributed by atoms with Gasteiger partial charge in [-0.25, -0.2) is 4.79 Å². The average molecular weight is 279 g/mol. The van der Waals surface area contributed by atoms with E-state index in [9.17, 15) is 4.79 Å². The molecule has 102 valence electrons. The van der Waals surface area contributed by atoms with E-state index >= 15 is 0 Å². The Labute approximate surface area is 116 Å². The van der Waals surface area contributed by atoms with Crippen LogP contribution in [0, 0.1) is 6.92 Å². The third kappa shape index (κ3) is 2.96. The Morgan fingerprint density at radius 1 is 1.58 bits per heavy atom. The van der Waals surface area contributed by atoms with Crippen molar-refractivity contribution in [3.05, 3.63) is 33.8 Å². The predicted octanol–water partition coefficient (Wildman–Crippen LogP) is 2.25. The summed E-state index contributed by atoms with van der Waals surface area (Å²) in [6, 6.07) is 4.00. The topological polar surface area (TPSA) is 70.1 Å². The maximum Gasteiger partial charge on any atom is 0.358 e. The van der Waals surface area contributed by atoms with E-state index in [1.165, 1.54) is 4.88 Å². The third-order valence-electron chi connectivity index (χ3n) is 2.83. The highest BCUT2D eigenvalue weighted by Crippen LogP contribution is 2.17. The highest BCUT2D eigenvalue weighted by atomic mass is 32.1. The van der Waals surface area contributed by atoms with Crippen molar-refractivity contribution in [2.75, 3.05) is 12.3 Å². The Morgan fingerprint density at radius 3 is 3.00 bits per heavy atom. The number of nitrogens with two attached hydrogens (primary N) is 1. The van der Waals surface area contributed by atoms with Crippen LogP contribution >= 0.6 is 11.3 Å². The second kappa shape index (κ2) is 5.88. The molecule has 2 rings (SSSR count). The summed E-state index contributed by atoms with van der Waals surface area (Å²) in [7, 11) is 0. The van der Waals surface area contributed by atoms with Gasteiger partial charge in [-0.2, -0.15) is 5.10 Å². The molecule has 0 saturated carbocycles. The highest BCUT2D eigenvalue weighted by Gasteiger charge is 2.20. The van der Waals surface area contributed by atoms with Gasteiger partial charge in [-0.3, -0.25) is 4.68 Å². The number of nitrogen functional groups attached to an aromatic ring is 1. The lowest BCUT2D eigenvalue weighted by atomic mass is 10.3. The number of rotatable bonds is 5. The van der Waals surface area contributed by atoms with Crippen molar-refractivity contribution >= 4 is 23.0 Å². The quantitative estimate of drug-likeness (QED) is 0.852. The van der Waals surface area contributed by atoms with Crippen LogP contribution in [0.5, 0.6) is 0 Å². The molecule has 0 saturated heterocycles. The summed E-state index contributed by atoms with van der Waals surface area (Å²) in [5, 5.41) is 6.21. The summed E-state index contributed by atoms with van der Waals surface area (Å²) in [6.45, 7) is 4.64. The van der Waals surface area contributed by atoms with E-state index in [2.05, 4.69) is 5.10 Å². The van der Waals surface area contributed by atoms with Gasteiger partial charge in [0, 0.05) is 17.8 Å². The van der Waals surface area contributed by atoms with Crippen molar-refractivity contribution in [2.24, 2.45) is 0 Å². The normalized spacial score (nSPS) is 10.6. The second-order valence-electron chi connectivity index (χ2n) is 4.13. The first-order valence-corrected chi connectivity index (χ1v) is 7.03. The lowest BCUT2D eigenvalue weighted by Gasteiger charge is -2.06. The van der Waals surface area contributed by atoms with E-state index in [0.29, 0.717) is 30.2 Å². The van der Waals surface area contributed by atoms with Crippen LogP contribution in [0.1, 0.15) is 28.0 Å². The Morgan fingerprint density at radius 2 is 2.37 bits per heavy atom. The Kier molecular flexibility index (Phi) is 4.21. The van der Waals surface area contributed by atoms with Gasteiger partial charge < -0.3 is 10.5 Å². The molecule has 2 heterocycles. The van der Waals surface area contributed by atoms with Gasteiger partial charge in [0.25, 0.3) is 0 Å². The van der Waals surface area contributed by atoms with Gasteiger partial charge in [0.2, 0.25) is 0 Å². The SMILES string of the molecule is CCn1nc(C)c(N)c1C(=O)OCCc1cccs1. The predicted molar refractivity (Wildman–Crippen MR) is 75.4 cm³/mol. The minimum atomic E-state index is -0.406. The van der Waals surface area contributed by atoms with Gasteiger partial charge in [0.05, 0.1) is 18.0 Å². The molecule has 0 aromatic carbocycles. The van der Waals surface area contributed by atoms with Gasteiger partial charge in [-0.05, 0) is 25.3 Å². The summed E-state index contributed by atoms with van der Waals surface area (Å²) in [4.78, 5) is 13.2. The third-order valence-corrected chi connectivity index (χ3v) is 3.76. The summed E-state index contributed by atoms with van der Waals surface area (Å²) in [6.07, 6.45) is 0.725. The molecule has 0 fully saturated rings. The molecule has 0 amide bonds. The van der Waals surface area contributed by atoms with E-state index in [1.807, 2.05) is 24.4 Å². The zero-order valence-electron chi connectivity index (χ0n) is 11.0. The van der Waals surface area contributed by atoms with Gasteiger partial charge >= 0.3 is 5.97 Å². The monoisotopic (exact) mass is 279 g/mol. The van der Waals surface area contributed by atoms with Gasteiger partial charge in [0.15, 0.2) is 5.69 Å². The van der Waals surface area contributed by atoms with Crippen LogP contribution in [0.2, 0.25) is 0 Å². The van der Waals surface area contributed by atoms with Gasteiger partial charge in [0.1, 0.15) is 0 Å². The number of thiophene rings is 1. The fourth-order valence-corrected chi connectivity index (χ4v) is 2.50. The molecule has 19 heavy (non-hydrogen) atoms. The standard InChI is InChI=1S/C13H17N3O2S/c1-3-16-12(11(14)9(2)15-16)13(17)18-7-6-10-5-4-8-19-10/h4-5,8H,3,6-7,14H2,1-2H3. The van der Waals surface area contributed by atoms with Crippen molar-refractivity contribution in [3.63, 3.8) is 0 Å². The lowest BCUT2D eigenvalue weighted by Crippen LogP contribution is -2.15. The van der Waals surface area contributed by atoms with Crippen molar-refractivity contribution in [2.45, 2.75) is 26.8 Å². The van der Waals surface area contributed by atoms with Crippen LogP contribution < -0.4 is 5.73 Å². The zero-order valence-corrected chi connectivity index (χ0v) is 11.9. The molecule has 0 radical (unpaired) electrons. The fraction of sp³-hybridized carbons (Fsp3) is 0.385. The molecule has 2 aromatic heterocycles. The number of carbonyl (C=O) groups excluding carboxylic acids is 1. The number of anilines is 1. The summed E-state index contributed by atoms with van der Waals surface area (Å²) in [5.74, 6) is -0.406. The van der Waals surface area contributed by atoms with E-state index < -0.39 is 5.97 Å². The Bertz CT molecular complexity index is 561. The van der Waals surface area contributed by atoms with Crippen LogP contribution in [-0.4, -0.2) is 22.4 Å². The Balaban J connectivity index is 2.00. The number of ether oxygens (including phenoxy) is 1. The molecule has 0 atom stereocenters. The summed E-state index contributed by atoms with van der Waals surface area (Å²) in [5.41, 5.74) is 7.28.